The Morgan fingerprint density at radius 1 is 0.500 bits per heavy atom. The van der Waals surface area contributed by atoms with Crippen LogP contribution in [-0.2, 0) is 0 Å². The fourth-order valence-corrected chi connectivity index (χ4v) is 0.974. The van der Waals surface area contributed by atoms with E-state index >= 15 is 0 Å². The van der Waals surface area contributed by atoms with Crippen LogP contribution >= 0.6 is 0 Å². The van der Waals surface area contributed by atoms with Crippen molar-refractivity contribution in [1.82, 2.24) is 0 Å². The predicted molar refractivity (Wildman–Crippen MR) is 106 cm³/mol. The minimum Gasteiger partial charge on any atom is -0.106 e. The van der Waals surface area contributed by atoms with Crippen molar-refractivity contribution in [3.05, 3.63) is 130 Å². The van der Waals surface area contributed by atoms with Gasteiger partial charge in [0, 0.05) is 0 Å². The lowest BCUT2D eigenvalue weighted by Gasteiger charge is -1.85. The molecule has 0 N–H and O–H groups in total. The molecule has 0 nitrogen and oxygen atoms in total. The lowest BCUT2D eigenvalue weighted by atomic mass is 10.2. The van der Waals surface area contributed by atoms with Gasteiger partial charge in [-0.3, -0.25) is 0 Å². The van der Waals surface area contributed by atoms with Crippen molar-refractivity contribution in [2.45, 2.75) is 0 Å². The van der Waals surface area contributed by atoms with Crippen LogP contribution in [0.5, 0.6) is 0 Å². The van der Waals surface area contributed by atoms with E-state index in [1.54, 1.807) is 12.2 Å². The summed E-state index contributed by atoms with van der Waals surface area (Å²) in [5.74, 6) is 0. The summed E-state index contributed by atoms with van der Waals surface area (Å²) in [6.07, 6.45) is 5.11. The molecule has 22 heavy (non-hydrogen) atoms. The molecule has 0 saturated heterocycles. The first kappa shape index (κ1) is 24.2. The van der Waals surface area contributed by atoms with E-state index < -0.39 is 0 Å². The summed E-state index contributed by atoms with van der Waals surface area (Å²) in [6.45, 7) is 22.4. The maximum atomic E-state index is 3.63. The van der Waals surface area contributed by atoms with Gasteiger partial charge in [0.2, 0.25) is 0 Å². The molecule has 0 saturated carbocycles. The SMILES string of the molecule is C=C.C=C.C=CC=C.C=Cc1ccccc1.c1ccccc1. The Labute approximate surface area is 137 Å². The molecule has 0 heterocycles. The molecule has 0 aliphatic rings. The zero-order valence-electron chi connectivity index (χ0n) is 13.5. The Bertz CT molecular complexity index is 405. The van der Waals surface area contributed by atoms with Crippen LogP contribution in [0, 0.1) is 0 Å². The van der Waals surface area contributed by atoms with Crippen LogP contribution in [0.3, 0.4) is 0 Å². The number of hydrogen-bond donors (Lipinski definition) is 0. The topological polar surface area (TPSA) is 0 Å². The normalized spacial score (nSPS) is 6.55. The molecule has 0 spiro atoms. The third kappa shape index (κ3) is 22.3. The summed E-state index contributed by atoms with van der Waals surface area (Å²) < 4.78 is 0. The van der Waals surface area contributed by atoms with Gasteiger partial charge >= 0.3 is 0 Å². The minimum absolute atomic E-state index is 1.17. The van der Waals surface area contributed by atoms with E-state index in [1.165, 1.54) is 5.56 Å². The van der Waals surface area contributed by atoms with Crippen LogP contribution in [0.25, 0.3) is 6.08 Å². The third-order valence-corrected chi connectivity index (χ3v) is 1.87. The molecule has 0 atom stereocenters. The fourth-order valence-electron chi connectivity index (χ4n) is 0.974. The molecule has 2 rings (SSSR count). The Hall–Kier alpha value is -2.86. The Morgan fingerprint density at radius 2 is 0.773 bits per heavy atom. The van der Waals surface area contributed by atoms with Gasteiger partial charge in [0.1, 0.15) is 0 Å². The fraction of sp³-hybridized carbons (Fsp3) is 0. The van der Waals surface area contributed by atoms with Gasteiger partial charge in [0.25, 0.3) is 0 Å². The molecule has 0 bridgehead atoms. The minimum atomic E-state index is 1.17. The van der Waals surface area contributed by atoms with Crippen molar-refractivity contribution in [3.63, 3.8) is 0 Å². The van der Waals surface area contributed by atoms with Crippen LogP contribution < -0.4 is 0 Å². The first-order valence-corrected chi connectivity index (χ1v) is 6.76. The highest BCUT2D eigenvalue weighted by Crippen LogP contribution is 1.97. The summed E-state index contributed by atoms with van der Waals surface area (Å²) in [5.41, 5.74) is 1.17. The zero-order chi connectivity index (χ0) is 17.5. The van der Waals surface area contributed by atoms with Crippen LogP contribution in [0.4, 0.5) is 0 Å². The second-order valence-electron chi connectivity index (χ2n) is 3.24. The number of rotatable bonds is 2. The molecule has 0 aliphatic heterocycles. The highest BCUT2D eigenvalue weighted by Gasteiger charge is 1.75. The highest BCUT2D eigenvalue weighted by atomic mass is 13.8. The maximum Gasteiger partial charge on any atom is -0.0263 e. The van der Waals surface area contributed by atoms with Crippen molar-refractivity contribution in [2.24, 2.45) is 0 Å². The maximum absolute atomic E-state index is 3.63. The molecule has 0 amide bonds. The van der Waals surface area contributed by atoms with Crippen LogP contribution in [0.2, 0.25) is 0 Å². The monoisotopic (exact) mass is 292 g/mol. The summed E-state index contributed by atoms with van der Waals surface area (Å²) in [4.78, 5) is 0. The predicted octanol–water partition coefficient (Wildman–Crippen LogP) is 6.98. The molecule has 0 unspecified atom stereocenters. The molecule has 0 aliphatic carbocycles. The number of hydrogen-bond acceptors (Lipinski definition) is 0. The van der Waals surface area contributed by atoms with Crippen molar-refractivity contribution in [3.8, 4) is 0 Å². The van der Waals surface area contributed by atoms with Gasteiger partial charge in [-0.2, -0.15) is 0 Å². The molecule has 0 heteroatoms. The van der Waals surface area contributed by atoms with E-state index in [2.05, 4.69) is 46.1 Å². The van der Waals surface area contributed by atoms with E-state index in [0.717, 1.165) is 0 Å². The van der Waals surface area contributed by atoms with E-state index in [1.807, 2.05) is 72.8 Å². The second kappa shape index (κ2) is 26.7. The van der Waals surface area contributed by atoms with E-state index in [4.69, 9.17) is 0 Å². The molecule has 2 aromatic carbocycles. The average Bonchev–Trinajstić information content (AvgIpc) is 2.67. The van der Waals surface area contributed by atoms with Crippen molar-refractivity contribution in [1.29, 1.82) is 0 Å². The zero-order valence-corrected chi connectivity index (χ0v) is 13.5. The van der Waals surface area contributed by atoms with Gasteiger partial charge in [-0.15, -0.1) is 26.3 Å². The van der Waals surface area contributed by atoms with Crippen molar-refractivity contribution in [2.75, 3.05) is 0 Å². The quantitative estimate of drug-likeness (QED) is 0.414. The van der Waals surface area contributed by atoms with Gasteiger partial charge in [-0.05, 0) is 5.56 Å². The van der Waals surface area contributed by atoms with Crippen molar-refractivity contribution < 1.29 is 0 Å². The highest BCUT2D eigenvalue weighted by molar-refractivity contribution is 5.45. The van der Waals surface area contributed by atoms with Gasteiger partial charge in [-0.1, -0.05) is 105 Å². The molecule has 0 radical (unpaired) electrons. The first-order valence-electron chi connectivity index (χ1n) is 6.76. The van der Waals surface area contributed by atoms with Gasteiger partial charge in [0.05, 0.1) is 0 Å². The molecule has 0 aromatic heterocycles. The molecule has 116 valence electrons. The lowest BCUT2D eigenvalue weighted by Crippen LogP contribution is -1.63. The summed E-state index contributed by atoms with van der Waals surface area (Å²) in [6, 6.07) is 22.0. The third-order valence-electron chi connectivity index (χ3n) is 1.87. The standard InChI is InChI=1S/C8H8.C6H6.C4H6.2C2H4/c1-2-8-6-4-3-5-7-8;1-2-4-6-5-3-1;1-3-4-2;2*1-2/h2-7H,1H2;1-6H;3-4H,1-2H2;2*1-2H2. The van der Waals surface area contributed by atoms with Gasteiger partial charge in [0.15, 0.2) is 0 Å². The summed E-state index contributed by atoms with van der Waals surface area (Å²) in [7, 11) is 0. The van der Waals surface area contributed by atoms with Crippen LogP contribution in [-0.4, -0.2) is 0 Å². The first-order chi connectivity index (χ1) is 10.8. The number of benzene rings is 2. The van der Waals surface area contributed by atoms with E-state index in [-0.39, 0.29) is 0 Å². The summed E-state index contributed by atoms with van der Waals surface area (Å²) >= 11 is 0. The summed E-state index contributed by atoms with van der Waals surface area (Å²) in [5, 5.41) is 0. The van der Waals surface area contributed by atoms with Gasteiger partial charge in [-0.25, -0.2) is 0 Å². The molecule has 2 aromatic rings. The molecular formula is C22H28. The number of allylic oxidation sites excluding steroid dienone is 2. The van der Waals surface area contributed by atoms with Crippen molar-refractivity contribution >= 4 is 6.08 Å². The Morgan fingerprint density at radius 3 is 0.955 bits per heavy atom. The van der Waals surface area contributed by atoms with Gasteiger partial charge < -0.3 is 0 Å². The lowest BCUT2D eigenvalue weighted by molar-refractivity contribution is 1.67. The van der Waals surface area contributed by atoms with Crippen LogP contribution in [0.1, 0.15) is 5.56 Å². The Kier molecular flexibility index (Phi) is 29.3. The Balaban J connectivity index is -0.000000230. The van der Waals surface area contributed by atoms with E-state index in [0.29, 0.717) is 0 Å². The smallest absolute Gasteiger partial charge is 0.0263 e. The molecular weight excluding hydrogens is 264 g/mol. The second-order valence-corrected chi connectivity index (χ2v) is 3.24. The molecule has 0 fully saturated rings. The largest absolute Gasteiger partial charge is 0.106 e. The van der Waals surface area contributed by atoms with Crippen LogP contribution in [0.15, 0.2) is 125 Å². The van der Waals surface area contributed by atoms with E-state index in [9.17, 15) is 0 Å². The average molecular weight is 292 g/mol.